The van der Waals surface area contributed by atoms with Crippen molar-refractivity contribution in [2.75, 3.05) is 23.7 Å². The van der Waals surface area contributed by atoms with Crippen molar-refractivity contribution >= 4 is 27.5 Å². The number of nitrogens with one attached hydrogen (secondary N) is 1. The number of halogens is 1. The van der Waals surface area contributed by atoms with E-state index in [2.05, 4.69) is 5.32 Å². The van der Waals surface area contributed by atoms with Crippen LogP contribution >= 0.6 is 0 Å². The van der Waals surface area contributed by atoms with Gasteiger partial charge in [0.1, 0.15) is 18.4 Å². The van der Waals surface area contributed by atoms with Gasteiger partial charge in [-0.1, -0.05) is 24.3 Å². The van der Waals surface area contributed by atoms with Gasteiger partial charge in [-0.2, -0.15) is 0 Å². The quantitative estimate of drug-likeness (QED) is 0.637. The molecule has 0 aliphatic carbocycles. The van der Waals surface area contributed by atoms with Crippen LogP contribution in [-0.4, -0.2) is 50.5 Å². The minimum atomic E-state index is -3.76. The zero-order chi connectivity index (χ0) is 23.2. The fourth-order valence-electron chi connectivity index (χ4n) is 3.09. The third-order valence-electron chi connectivity index (χ3n) is 4.75. The number of amides is 2. The van der Waals surface area contributed by atoms with Gasteiger partial charge < -0.3 is 10.2 Å². The molecule has 0 aliphatic heterocycles. The zero-order valence-electron chi connectivity index (χ0n) is 18.1. The molecule has 0 bridgehead atoms. The summed E-state index contributed by atoms with van der Waals surface area (Å²) >= 11 is 0. The summed E-state index contributed by atoms with van der Waals surface area (Å²) in [5.74, 6) is -1.32. The number of nitrogens with zero attached hydrogens (tertiary/aromatic N) is 2. The Morgan fingerprint density at radius 2 is 1.77 bits per heavy atom. The van der Waals surface area contributed by atoms with E-state index < -0.39 is 34.3 Å². The number of likely N-dealkylation sites (N-methyl/N-ethyl adjacent to an activating group) is 1. The van der Waals surface area contributed by atoms with E-state index in [-0.39, 0.29) is 12.5 Å². The Morgan fingerprint density at radius 3 is 2.32 bits per heavy atom. The first kappa shape index (κ1) is 24.3. The molecule has 0 fully saturated rings. The number of hydrogen-bond acceptors (Lipinski definition) is 4. The van der Waals surface area contributed by atoms with Gasteiger partial charge in [0.05, 0.1) is 11.9 Å². The van der Waals surface area contributed by atoms with E-state index in [1.165, 1.54) is 29.2 Å². The second-order valence-electron chi connectivity index (χ2n) is 7.33. The van der Waals surface area contributed by atoms with Gasteiger partial charge in [0, 0.05) is 13.1 Å². The highest BCUT2D eigenvalue weighted by Gasteiger charge is 2.29. The Bertz CT molecular complexity index is 1030. The molecule has 0 aromatic heterocycles. The maximum Gasteiger partial charge on any atom is 0.244 e. The van der Waals surface area contributed by atoms with Crippen LogP contribution in [0.15, 0.2) is 48.5 Å². The summed E-state index contributed by atoms with van der Waals surface area (Å²) < 4.78 is 39.2. The predicted octanol–water partition coefficient (Wildman–Crippen LogP) is 2.45. The first-order valence-electron chi connectivity index (χ1n) is 9.89. The Kier molecular flexibility index (Phi) is 8.15. The molecule has 2 rings (SSSR count). The number of rotatable bonds is 9. The molecule has 1 atom stereocenters. The fourth-order valence-corrected chi connectivity index (χ4v) is 3.93. The van der Waals surface area contributed by atoms with Gasteiger partial charge in [0.25, 0.3) is 0 Å². The monoisotopic (exact) mass is 449 g/mol. The normalized spacial score (nSPS) is 12.2. The van der Waals surface area contributed by atoms with Gasteiger partial charge >= 0.3 is 0 Å². The number of benzene rings is 2. The van der Waals surface area contributed by atoms with E-state index in [0.717, 1.165) is 16.1 Å². The molecule has 0 saturated heterocycles. The van der Waals surface area contributed by atoms with Crippen molar-refractivity contribution in [3.8, 4) is 0 Å². The average molecular weight is 450 g/mol. The molecular weight excluding hydrogens is 421 g/mol. The molecule has 0 radical (unpaired) electrons. The maximum absolute atomic E-state index is 13.3. The summed E-state index contributed by atoms with van der Waals surface area (Å²) in [6.45, 7) is 5.12. The van der Waals surface area contributed by atoms with Crippen molar-refractivity contribution in [3.63, 3.8) is 0 Å². The van der Waals surface area contributed by atoms with Crippen molar-refractivity contribution in [2.45, 2.75) is 33.4 Å². The maximum atomic E-state index is 13.3. The van der Waals surface area contributed by atoms with Crippen LogP contribution < -0.4 is 9.62 Å². The molecular formula is C22H28FN3O4S. The van der Waals surface area contributed by atoms with Gasteiger partial charge in [0.2, 0.25) is 21.8 Å². The van der Waals surface area contributed by atoms with Gasteiger partial charge in [-0.25, -0.2) is 12.8 Å². The highest BCUT2D eigenvalue weighted by atomic mass is 32.2. The van der Waals surface area contributed by atoms with Gasteiger partial charge in [-0.15, -0.1) is 0 Å². The van der Waals surface area contributed by atoms with Crippen LogP contribution in [-0.2, 0) is 26.2 Å². The van der Waals surface area contributed by atoms with Crippen LogP contribution in [0.4, 0.5) is 10.1 Å². The van der Waals surface area contributed by atoms with Gasteiger partial charge in [-0.3, -0.25) is 13.9 Å². The molecule has 0 aliphatic rings. The molecule has 0 saturated carbocycles. The molecule has 31 heavy (non-hydrogen) atoms. The zero-order valence-corrected chi connectivity index (χ0v) is 18.9. The lowest BCUT2D eigenvalue weighted by Gasteiger charge is -2.31. The summed E-state index contributed by atoms with van der Waals surface area (Å²) in [5.41, 5.74) is 1.83. The van der Waals surface area contributed by atoms with E-state index in [0.29, 0.717) is 17.8 Å². The second kappa shape index (κ2) is 10.4. The standard InChI is InChI=1S/C22H28FN3O4S/c1-5-24-22(28)17(3)25(14-18-9-11-19(23)12-10-18)21(27)15-26(31(4,29)30)20-8-6-7-16(2)13-20/h6-13,17H,5,14-15H2,1-4H3,(H,24,28). The molecule has 7 nitrogen and oxygen atoms in total. The lowest BCUT2D eigenvalue weighted by molar-refractivity contribution is -0.139. The summed E-state index contributed by atoms with van der Waals surface area (Å²) in [7, 11) is -3.76. The third-order valence-corrected chi connectivity index (χ3v) is 5.89. The van der Waals surface area contributed by atoms with Crippen LogP contribution in [0.1, 0.15) is 25.0 Å². The minimum Gasteiger partial charge on any atom is -0.355 e. The Morgan fingerprint density at radius 1 is 1.13 bits per heavy atom. The summed E-state index contributed by atoms with van der Waals surface area (Å²) in [4.78, 5) is 27.0. The molecule has 1 unspecified atom stereocenters. The fraction of sp³-hybridized carbons (Fsp3) is 0.364. The highest BCUT2D eigenvalue weighted by Crippen LogP contribution is 2.20. The lowest BCUT2D eigenvalue weighted by Crippen LogP contribution is -2.51. The van der Waals surface area contributed by atoms with E-state index in [1.807, 2.05) is 13.0 Å². The first-order chi connectivity index (χ1) is 14.5. The Hall–Kier alpha value is -2.94. The van der Waals surface area contributed by atoms with Crippen LogP contribution in [0.5, 0.6) is 0 Å². The average Bonchev–Trinajstić information content (AvgIpc) is 2.70. The molecule has 1 N–H and O–H groups in total. The van der Waals surface area contributed by atoms with E-state index >= 15 is 0 Å². The molecule has 2 aromatic rings. The van der Waals surface area contributed by atoms with Crippen molar-refractivity contribution < 1.29 is 22.4 Å². The van der Waals surface area contributed by atoms with Crippen molar-refractivity contribution in [3.05, 3.63) is 65.5 Å². The van der Waals surface area contributed by atoms with Crippen molar-refractivity contribution in [2.24, 2.45) is 0 Å². The summed E-state index contributed by atoms with van der Waals surface area (Å²) in [5, 5.41) is 2.67. The first-order valence-corrected chi connectivity index (χ1v) is 11.7. The van der Waals surface area contributed by atoms with Crippen molar-refractivity contribution in [1.29, 1.82) is 0 Å². The lowest BCUT2D eigenvalue weighted by atomic mass is 10.1. The number of carbonyl (C=O) groups is 2. The van der Waals surface area contributed by atoms with E-state index in [1.54, 1.807) is 32.0 Å². The van der Waals surface area contributed by atoms with Crippen LogP contribution in [0, 0.1) is 12.7 Å². The molecule has 9 heteroatoms. The molecule has 0 spiro atoms. The number of hydrogen-bond donors (Lipinski definition) is 1. The molecule has 2 amide bonds. The van der Waals surface area contributed by atoms with E-state index in [4.69, 9.17) is 0 Å². The third kappa shape index (κ3) is 6.78. The largest absolute Gasteiger partial charge is 0.355 e. The van der Waals surface area contributed by atoms with Crippen LogP contribution in [0.25, 0.3) is 0 Å². The van der Waals surface area contributed by atoms with Crippen molar-refractivity contribution in [1.82, 2.24) is 10.2 Å². The number of aryl methyl sites for hydroxylation is 1. The number of carbonyl (C=O) groups excluding carboxylic acids is 2. The Balaban J connectivity index is 2.37. The smallest absolute Gasteiger partial charge is 0.244 e. The second-order valence-corrected chi connectivity index (χ2v) is 9.23. The number of anilines is 1. The SMILES string of the molecule is CCNC(=O)C(C)N(Cc1ccc(F)cc1)C(=O)CN(c1cccc(C)c1)S(C)(=O)=O. The predicted molar refractivity (Wildman–Crippen MR) is 118 cm³/mol. The molecule has 168 valence electrons. The topological polar surface area (TPSA) is 86.8 Å². The highest BCUT2D eigenvalue weighted by molar-refractivity contribution is 7.92. The summed E-state index contributed by atoms with van der Waals surface area (Å²) in [6.07, 6.45) is 1.03. The van der Waals surface area contributed by atoms with Crippen LogP contribution in [0.2, 0.25) is 0 Å². The summed E-state index contributed by atoms with van der Waals surface area (Å²) in [6, 6.07) is 11.5. The minimum absolute atomic E-state index is 0.0306. The molecule has 0 heterocycles. The van der Waals surface area contributed by atoms with E-state index in [9.17, 15) is 22.4 Å². The number of sulfonamides is 1. The Labute approximate surface area is 182 Å². The van der Waals surface area contributed by atoms with Gasteiger partial charge in [-0.05, 0) is 56.2 Å². The molecule has 2 aromatic carbocycles. The van der Waals surface area contributed by atoms with Gasteiger partial charge in [0.15, 0.2) is 0 Å². The van der Waals surface area contributed by atoms with Crippen LogP contribution in [0.3, 0.4) is 0 Å².